The van der Waals surface area contributed by atoms with Crippen LogP contribution in [0.3, 0.4) is 0 Å². The second kappa shape index (κ2) is 11.0. The smallest absolute Gasteiger partial charge is 0.241 e. The fourth-order valence-corrected chi connectivity index (χ4v) is 4.38. The highest BCUT2D eigenvalue weighted by Gasteiger charge is 2.27. The van der Waals surface area contributed by atoms with Crippen molar-refractivity contribution < 1.29 is 14.1 Å². The van der Waals surface area contributed by atoms with Gasteiger partial charge < -0.3 is 14.6 Å². The van der Waals surface area contributed by atoms with Gasteiger partial charge in [0.25, 0.3) is 0 Å². The van der Waals surface area contributed by atoms with Crippen molar-refractivity contribution in [1.82, 2.24) is 25.3 Å². The number of carbonyl (C=O) groups excluding carboxylic acids is 1. The lowest BCUT2D eigenvalue weighted by Crippen LogP contribution is -2.43. The van der Waals surface area contributed by atoms with Crippen LogP contribution >= 0.6 is 11.6 Å². The molecule has 0 bridgehead atoms. The number of carbonyl (C=O) groups is 1. The molecule has 2 aliphatic heterocycles. The van der Waals surface area contributed by atoms with Crippen LogP contribution in [0.5, 0.6) is 0 Å². The van der Waals surface area contributed by atoms with Crippen LogP contribution in [0.25, 0.3) is 11.4 Å². The third-order valence-corrected chi connectivity index (χ3v) is 6.20. The number of piperidine rings is 1. The molecule has 1 amide bonds. The van der Waals surface area contributed by atoms with E-state index in [-0.39, 0.29) is 11.8 Å². The predicted octanol–water partition coefficient (Wildman–Crippen LogP) is 2.44. The van der Waals surface area contributed by atoms with E-state index in [0.29, 0.717) is 29.8 Å². The summed E-state index contributed by atoms with van der Waals surface area (Å²) in [5, 5.41) is 7.78. The third kappa shape index (κ3) is 6.26. The SMILES string of the molecule is O=C(NCCCN1CCOCC1)C1CCCN(Cc2nc(-c3ccccc3Cl)no2)C1. The molecule has 3 heterocycles. The molecule has 1 N–H and O–H groups in total. The van der Waals surface area contributed by atoms with Gasteiger partial charge >= 0.3 is 0 Å². The van der Waals surface area contributed by atoms with E-state index in [0.717, 1.165) is 70.8 Å². The average Bonchev–Trinajstić information content (AvgIpc) is 3.26. The van der Waals surface area contributed by atoms with Gasteiger partial charge in [-0.25, -0.2) is 0 Å². The Morgan fingerprint density at radius 3 is 2.87 bits per heavy atom. The van der Waals surface area contributed by atoms with Gasteiger partial charge in [-0.2, -0.15) is 4.98 Å². The summed E-state index contributed by atoms with van der Waals surface area (Å²) in [6, 6.07) is 7.44. The van der Waals surface area contributed by atoms with Crippen LogP contribution in [0.15, 0.2) is 28.8 Å². The highest BCUT2D eigenvalue weighted by molar-refractivity contribution is 6.33. The Kier molecular flexibility index (Phi) is 7.91. The molecule has 1 aromatic heterocycles. The first-order chi connectivity index (χ1) is 15.2. The van der Waals surface area contributed by atoms with E-state index in [1.807, 2.05) is 24.3 Å². The Morgan fingerprint density at radius 1 is 1.19 bits per heavy atom. The molecule has 1 unspecified atom stereocenters. The highest BCUT2D eigenvalue weighted by Crippen LogP contribution is 2.25. The van der Waals surface area contributed by atoms with E-state index in [1.54, 1.807) is 0 Å². The molecule has 2 aliphatic rings. The van der Waals surface area contributed by atoms with Crippen molar-refractivity contribution in [3.05, 3.63) is 35.2 Å². The lowest BCUT2D eigenvalue weighted by Gasteiger charge is -2.31. The zero-order valence-electron chi connectivity index (χ0n) is 17.8. The highest BCUT2D eigenvalue weighted by atomic mass is 35.5. The number of nitrogens with zero attached hydrogens (tertiary/aromatic N) is 4. The molecule has 9 heteroatoms. The summed E-state index contributed by atoms with van der Waals surface area (Å²) in [5.74, 6) is 1.19. The van der Waals surface area contributed by atoms with Gasteiger partial charge in [-0.15, -0.1) is 0 Å². The van der Waals surface area contributed by atoms with E-state index >= 15 is 0 Å². The second-order valence-corrected chi connectivity index (χ2v) is 8.57. The molecule has 2 saturated heterocycles. The normalized spacial score (nSPS) is 20.6. The summed E-state index contributed by atoms with van der Waals surface area (Å²) in [6.45, 7) is 7.48. The van der Waals surface area contributed by atoms with Crippen LogP contribution in [0.2, 0.25) is 5.02 Å². The van der Waals surface area contributed by atoms with Crippen LogP contribution in [0.4, 0.5) is 0 Å². The number of rotatable bonds is 8. The van der Waals surface area contributed by atoms with Gasteiger partial charge in [0.2, 0.25) is 17.6 Å². The van der Waals surface area contributed by atoms with Gasteiger partial charge in [-0.05, 0) is 44.5 Å². The molecule has 4 rings (SSSR count). The number of amides is 1. The summed E-state index contributed by atoms with van der Waals surface area (Å²) in [4.78, 5) is 21.7. The Bertz CT molecular complexity index is 855. The fraction of sp³-hybridized carbons (Fsp3) is 0.591. The molecule has 2 aromatic rings. The van der Waals surface area contributed by atoms with Crippen molar-refractivity contribution in [2.75, 3.05) is 52.5 Å². The Balaban J connectivity index is 1.22. The van der Waals surface area contributed by atoms with Crippen molar-refractivity contribution in [3.63, 3.8) is 0 Å². The minimum absolute atomic E-state index is 0.00287. The van der Waals surface area contributed by atoms with Crippen molar-refractivity contribution in [2.24, 2.45) is 5.92 Å². The number of likely N-dealkylation sites (tertiary alicyclic amines) is 1. The van der Waals surface area contributed by atoms with E-state index in [9.17, 15) is 4.79 Å². The number of morpholine rings is 1. The third-order valence-electron chi connectivity index (χ3n) is 5.87. The van der Waals surface area contributed by atoms with Gasteiger partial charge in [-0.3, -0.25) is 14.6 Å². The van der Waals surface area contributed by atoms with Gasteiger partial charge in [0, 0.05) is 31.7 Å². The van der Waals surface area contributed by atoms with Crippen LogP contribution in [0, 0.1) is 5.92 Å². The molecule has 1 aromatic carbocycles. The lowest BCUT2D eigenvalue weighted by molar-refractivity contribution is -0.126. The maximum absolute atomic E-state index is 12.6. The molecule has 1 atom stereocenters. The molecular formula is C22H30ClN5O3. The zero-order chi connectivity index (χ0) is 21.5. The van der Waals surface area contributed by atoms with Gasteiger partial charge in [0.05, 0.1) is 30.7 Å². The van der Waals surface area contributed by atoms with Gasteiger partial charge in [-0.1, -0.05) is 28.9 Å². The monoisotopic (exact) mass is 447 g/mol. The van der Waals surface area contributed by atoms with Crippen LogP contribution in [0.1, 0.15) is 25.2 Å². The van der Waals surface area contributed by atoms with Crippen molar-refractivity contribution in [2.45, 2.75) is 25.8 Å². The predicted molar refractivity (Wildman–Crippen MR) is 118 cm³/mol. The van der Waals surface area contributed by atoms with Crippen molar-refractivity contribution in [3.8, 4) is 11.4 Å². The number of benzene rings is 1. The van der Waals surface area contributed by atoms with Gasteiger partial charge in [0.15, 0.2) is 0 Å². The summed E-state index contributed by atoms with van der Waals surface area (Å²) in [7, 11) is 0. The lowest BCUT2D eigenvalue weighted by atomic mass is 9.97. The largest absolute Gasteiger partial charge is 0.379 e. The number of halogens is 1. The quantitative estimate of drug-likeness (QED) is 0.622. The van der Waals surface area contributed by atoms with E-state index in [2.05, 4.69) is 25.3 Å². The first-order valence-electron chi connectivity index (χ1n) is 11.1. The first kappa shape index (κ1) is 22.2. The number of ether oxygens (including phenoxy) is 1. The van der Waals surface area contributed by atoms with Crippen molar-refractivity contribution >= 4 is 17.5 Å². The minimum atomic E-state index is 0.00287. The summed E-state index contributed by atoms with van der Waals surface area (Å²) >= 11 is 6.23. The average molecular weight is 448 g/mol. The number of nitrogens with one attached hydrogen (secondary N) is 1. The second-order valence-electron chi connectivity index (χ2n) is 8.16. The van der Waals surface area contributed by atoms with Crippen LogP contribution in [-0.2, 0) is 16.1 Å². The molecule has 31 heavy (non-hydrogen) atoms. The standard InChI is InChI=1S/C22H30ClN5O3/c23-19-7-2-1-6-18(19)21-25-20(31-26-21)16-28-9-3-5-17(15-28)22(29)24-8-4-10-27-11-13-30-14-12-27/h1-2,6-7,17H,3-5,8-16H2,(H,24,29). The van der Waals surface area contributed by atoms with E-state index in [1.165, 1.54) is 0 Å². The summed E-state index contributed by atoms with van der Waals surface area (Å²) < 4.78 is 10.8. The van der Waals surface area contributed by atoms with Crippen LogP contribution in [-0.4, -0.2) is 78.3 Å². The molecule has 0 saturated carbocycles. The molecule has 8 nitrogen and oxygen atoms in total. The van der Waals surface area contributed by atoms with E-state index < -0.39 is 0 Å². The number of aromatic nitrogens is 2. The fourth-order valence-electron chi connectivity index (χ4n) is 4.16. The summed E-state index contributed by atoms with van der Waals surface area (Å²) in [5.41, 5.74) is 0.757. The Labute approximate surface area is 187 Å². The molecule has 0 aliphatic carbocycles. The Hall–Kier alpha value is -2.00. The Morgan fingerprint density at radius 2 is 2.03 bits per heavy atom. The number of hydrogen-bond acceptors (Lipinski definition) is 7. The molecule has 168 valence electrons. The maximum Gasteiger partial charge on any atom is 0.241 e. The van der Waals surface area contributed by atoms with E-state index in [4.69, 9.17) is 20.9 Å². The molecule has 0 spiro atoms. The topological polar surface area (TPSA) is 83.7 Å². The minimum Gasteiger partial charge on any atom is -0.379 e. The number of hydrogen-bond donors (Lipinski definition) is 1. The first-order valence-corrected chi connectivity index (χ1v) is 11.4. The summed E-state index contributed by atoms with van der Waals surface area (Å²) in [6.07, 6.45) is 2.87. The van der Waals surface area contributed by atoms with Crippen LogP contribution < -0.4 is 5.32 Å². The maximum atomic E-state index is 12.6. The molecule has 2 fully saturated rings. The molecule has 0 radical (unpaired) electrons. The zero-order valence-corrected chi connectivity index (χ0v) is 18.5. The van der Waals surface area contributed by atoms with Crippen molar-refractivity contribution in [1.29, 1.82) is 0 Å². The van der Waals surface area contributed by atoms with Gasteiger partial charge in [0.1, 0.15) is 0 Å². The molecular weight excluding hydrogens is 418 g/mol.